The number of hydrogen-bond acceptors (Lipinski definition) is 2. The van der Waals surface area contributed by atoms with Gasteiger partial charge in [-0.15, -0.1) is 0 Å². The van der Waals surface area contributed by atoms with Gasteiger partial charge in [-0.05, 0) is 0 Å². The first-order chi connectivity index (χ1) is 1.73. The first kappa shape index (κ1) is 15.7. The molecule has 6 heteroatoms. The summed E-state index contributed by atoms with van der Waals surface area (Å²) in [6.45, 7) is 0. The van der Waals surface area contributed by atoms with E-state index < -0.39 is 18.6 Å². The van der Waals surface area contributed by atoms with Crippen LogP contribution >= 0.6 is 0 Å². The van der Waals surface area contributed by atoms with Gasteiger partial charge in [0.25, 0.3) is 0 Å². The van der Waals surface area contributed by atoms with Crippen molar-refractivity contribution in [3.63, 3.8) is 0 Å². The van der Waals surface area contributed by atoms with Crippen LogP contribution in [0.1, 0.15) is 0 Å². The summed E-state index contributed by atoms with van der Waals surface area (Å²) in [5, 5.41) is 0. The van der Waals surface area contributed by atoms with Crippen LogP contribution in [0.5, 0.6) is 0 Å². The molecule has 2 radical (unpaired) electrons. The minimum atomic E-state index is -3.83. The van der Waals surface area contributed by atoms with Crippen molar-refractivity contribution in [1.82, 2.24) is 0 Å². The summed E-state index contributed by atoms with van der Waals surface area (Å²) < 4.78 is 24.5. The molecule has 0 aromatic heterocycles. The van der Waals surface area contributed by atoms with Crippen LogP contribution in [0.25, 0.3) is 0 Å². The molecular weight excluding hydrogens is 321 g/mol. The van der Waals surface area contributed by atoms with Crippen molar-refractivity contribution in [2.75, 3.05) is 0 Å². The average Bonchev–Trinajstić information content (AvgIpc) is 0.811. The van der Waals surface area contributed by atoms with E-state index in [9.17, 15) is 0 Å². The minimum absolute atomic E-state index is 0. The predicted octanol–water partition coefficient (Wildman–Crippen LogP) is -2.37. The van der Waals surface area contributed by atoms with Gasteiger partial charge in [0.1, 0.15) is 0 Å². The molecule has 0 aromatic rings. The molecule has 0 saturated carbocycles. The fourth-order valence-electron chi connectivity index (χ4n) is 0. The Balaban J connectivity index is -0.0000000450. The van der Waals surface area contributed by atoms with Crippen molar-refractivity contribution in [3.05, 3.63) is 0 Å². The molecule has 0 atom stereocenters. The van der Waals surface area contributed by atoms with Crippen LogP contribution in [0.2, 0.25) is 0 Å². The monoisotopic (exact) mass is 322 g/mol. The third kappa shape index (κ3) is 59.2. The van der Waals surface area contributed by atoms with Crippen LogP contribution in [-0.4, -0.2) is 29.9 Å². The molecule has 0 saturated heterocycles. The zero-order valence-electron chi connectivity index (χ0n) is 2.62. The van der Waals surface area contributed by atoms with E-state index in [0.29, 0.717) is 0 Å². The van der Waals surface area contributed by atoms with Gasteiger partial charge in [-0.1, -0.05) is 0 Å². The van der Waals surface area contributed by atoms with Gasteiger partial charge in [-0.25, -0.2) is 0 Å². The summed E-state index contributed by atoms with van der Waals surface area (Å²) in [6, 6.07) is 0. The Morgan fingerprint density at radius 1 is 1.67 bits per heavy atom. The van der Waals surface area contributed by atoms with Crippen molar-refractivity contribution in [2.24, 2.45) is 0 Å². The summed E-state index contributed by atoms with van der Waals surface area (Å²) in [5.74, 6) is 0. The molecule has 0 bridgehead atoms. The van der Waals surface area contributed by atoms with E-state index in [-0.39, 0.29) is 31.7 Å². The molecular formula is HBiO4Ti. The van der Waals surface area contributed by atoms with Crippen molar-refractivity contribution >= 4 is 26.2 Å². The summed E-state index contributed by atoms with van der Waals surface area (Å²) in [5.41, 5.74) is 0. The quantitative estimate of drug-likeness (QED) is 0.506. The topological polar surface area (TPSA) is 88.9 Å². The van der Waals surface area contributed by atoms with Crippen molar-refractivity contribution in [2.45, 2.75) is 0 Å². The third-order valence-electron chi connectivity index (χ3n) is 0. The average molecular weight is 322 g/mol. The van der Waals surface area contributed by atoms with E-state index >= 15 is 0 Å². The van der Waals surface area contributed by atoms with Crippen LogP contribution < -0.4 is 3.69 Å². The maximum absolute atomic E-state index is 8.69. The van der Waals surface area contributed by atoms with Gasteiger partial charge < -0.3 is 5.48 Å². The number of rotatable bonds is 0. The number of hydrogen-bond donors (Lipinski definition) is 1. The second kappa shape index (κ2) is 9.56. The van der Waals surface area contributed by atoms with Gasteiger partial charge in [-0.3, -0.25) is 0 Å². The van der Waals surface area contributed by atoms with Crippen LogP contribution in [0, 0.1) is 0 Å². The molecule has 34 valence electrons. The Morgan fingerprint density at radius 2 is 1.67 bits per heavy atom. The fraction of sp³-hybridized carbons (Fsp3) is 0. The Bertz CT molecular complexity index is 30.5. The van der Waals surface area contributed by atoms with Crippen LogP contribution in [0.4, 0.5) is 0 Å². The molecule has 0 aromatic carbocycles. The molecule has 0 amide bonds. The summed E-state index contributed by atoms with van der Waals surface area (Å²) >= 11 is -3.83. The molecule has 0 unspecified atom stereocenters. The van der Waals surface area contributed by atoms with E-state index in [1.165, 1.54) is 0 Å². The van der Waals surface area contributed by atoms with Crippen LogP contribution in [-0.2, 0) is 27.4 Å². The Hall–Kier alpha value is 1.28. The van der Waals surface area contributed by atoms with Crippen LogP contribution in [0.15, 0.2) is 0 Å². The SMILES string of the molecule is [Bi+3].[O-2].[O]=[Ti]([O-])[OH]. The Kier molecular flexibility index (Phi) is 25.0. The van der Waals surface area contributed by atoms with Crippen LogP contribution in [0.3, 0.4) is 0 Å². The summed E-state index contributed by atoms with van der Waals surface area (Å²) in [6.07, 6.45) is 0. The van der Waals surface area contributed by atoms with Crippen molar-refractivity contribution < 1.29 is 34.8 Å². The molecule has 0 aliphatic carbocycles. The molecule has 0 rings (SSSR count). The Morgan fingerprint density at radius 3 is 1.67 bits per heavy atom. The molecule has 0 aliphatic rings. The van der Waals surface area contributed by atoms with Gasteiger partial charge in [-0.2, -0.15) is 0 Å². The van der Waals surface area contributed by atoms with E-state index in [1.807, 2.05) is 0 Å². The third-order valence-corrected chi connectivity index (χ3v) is 0. The molecule has 0 aliphatic heterocycles. The Labute approximate surface area is 60.7 Å². The fourth-order valence-corrected chi connectivity index (χ4v) is 0. The molecule has 1 N–H and O–H groups in total. The molecule has 6 heavy (non-hydrogen) atoms. The normalized spacial score (nSPS) is 4.33. The molecule has 4 nitrogen and oxygen atoms in total. The van der Waals surface area contributed by atoms with E-state index in [0.717, 1.165) is 0 Å². The molecule has 0 heterocycles. The standard InChI is InChI=1S/Bi.H2O.3O.Ti/h;1H2;;;;/q+3;;;-2;-1;+1/p-1. The zero-order valence-corrected chi connectivity index (χ0v) is 7.66. The van der Waals surface area contributed by atoms with E-state index in [1.54, 1.807) is 0 Å². The van der Waals surface area contributed by atoms with E-state index in [4.69, 9.17) is 10.7 Å². The second-order valence-electron chi connectivity index (χ2n) is 0.266. The predicted molar refractivity (Wildman–Crippen MR) is 9.35 cm³/mol. The van der Waals surface area contributed by atoms with Gasteiger partial charge >= 0.3 is 55.5 Å². The molecule has 0 fully saturated rings. The second-order valence-corrected chi connectivity index (χ2v) is 1.10. The zero-order chi connectivity index (χ0) is 3.58. The van der Waals surface area contributed by atoms with Gasteiger partial charge in [0.2, 0.25) is 0 Å². The van der Waals surface area contributed by atoms with Gasteiger partial charge in [0.15, 0.2) is 0 Å². The van der Waals surface area contributed by atoms with E-state index in [2.05, 4.69) is 0 Å². The van der Waals surface area contributed by atoms with Gasteiger partial charge in [0, 0.05) is 0 Å². The summed E-state index contributed by atoms with van der Waals surface area (Å²) in [4.78, 5) is 0. The first-order valence-corrected chi connectivity index (χ1v) is 2.61. The van der Waals surface area contributed by atoms with Crippen molar-refractivity contribution in [1.29, 1.82) is 0 Å². The summed E-state index contributed by atoms with van der Waals surface area (Å²) in [7, 11) is 0. The van der Waals surface area contributed by atoms with Crippen molar-refractivity contribution in [3.8, 4) is 0 Å². The maximum atomic E-state index is 8.69. The van der Waals surface area contributed by atoms with Gasteiger partial charge in [0.05, 0.1) is 0 Å². The first-order valence-electron chi connectivity index (χ1n) is 0.632. The molecule has 0 spiro atoms.